The number of anilines is 2. The molecule has 0 radical (unpaired) electrons. The minimum absolute atomic E-state index is 0.0592. The van der Waals surface area contributed by atoms with Crippen LogP contribution < -0.4 is 15.5 Å². The minimum Gasteiger partial charge on any atom is -0.323 e. The number of hydrogen-bond donors (Lipinski definition) is 2. The van der Waals surface area contributed by atoms with Gasteiger partial charge >= 0.3 is 0 Å². The molecule has 8 heteroatoms. The van der Waals surface area contributed by atoms with Crippen molar-refractivity contribution in [1.29, 1.82) is 0 Å². The van der Waals surface area contributed by atoms with Crippen molar-refractivity contribution < 1.29 is 14.0 Å². The lowest BCUT2D eigenvalue weighted by Gasteiger charge is -2.32. The molecule has 2 atom stereocenters. The van der Waals surface area contributed by atoms with Gasteiger partial charge in [0.2, 0.25) is 11.8 Å². The molecule has 3 rings (SSSR count). The fourth-order valence-corrected chi connectivity index (χ4v) is 3.62. The Balaban J connectivity index is 1.78. The van der Waals surface area contributed by atoms with Crippen molar-refractivity contribution in [3.8, 4) is 0 Å². The Morgan fingerprint density at radius 1 is 1.22 bits per heavy atom. The minimum atomic E-state index is -0.631. The molecular weight excluding hydrogens is 392 g/mol. The first kappa shape index (κ1) is 19.6. The number of halogens is 3. The topological polar surface area (TPSA) is 61.4 Å². The fourth-order valence-electron chi connectivity index (χ4n) is 3.07. The zero-order valence-electron chi connectivity index (χ0n) is 14.7. The molecule has 0 unspecified atom stereocenters. The highest BCUT2D eigenvalue weighted by molar-refractivity contribution is 6.35. The summed E-state index contributed by atoms with van der Waals surface area (Å²) in [4.78, 5) is 26.3. The van der Waals surface area contributed by atoms with E-state index in [9.17, 15) is 14.0 Å². The SMILES string of the molecule is C[C@H](N[C@@H](C)c1cc(F)c(Cl)cc1Cl)C(=O)N1CC(=O)Nc2ccccc21. The van der Waals surface area contributed by atoms with Crippen LogP contribution in [-0.4, -0.2) is 24.4 Å². The maximum absolute atomic E-state index is 13.8. The molecule has 0 bridgehead atoms. The molecule has 0 aliphatic carbocycles. The van der Waals surface area contributed by atoms with Gasteiger partial charge in [0.25, 0.3) is 0 Å². The second kappa shape index (κ2) is 7.84. The van der Waals surface area contributed by atoms with Crippen LogP contribution in [0, 0.1) is 5.82 Å². The Labute approximate surface area is 166 Å². The third-order valence-electron chi connectivity index (χ3n) is 4.41. The molecular formula is C19H18Cl2FN3O2. The molecule has 142 valence electrons. The molecule has 1 aliphatic rings. The quantitative estimate of drug-likeness (QED) is 0.745. The summed E-state index contributed by atoms with van der Waals surface area (Å²) in [5, 5.41) is 6.10. The van der Waals surface area contributed by atoms with Gasteiger partial charge in [0, 0.05) is 11.1 Å². The number of benzene rings is 2. The van der Waals surface area contributed by atoms with E-state index in [1.807, 2.05) is 0 Å². The monoisotopic (exact) mass is 409 g/mol. The summed E-state index contributed by atoms with van der Waals surface area (Å²) in [6.07, 6.45) is 0. The van der Waals surface area contributed by atoms with Crippen molar-refractivity contribution in [3.63, 3.8) is 0 Å². The molecule has 2 N–H and O–H groups in total. The summed E-state index contributed by atoms with van der Waals surface area (Å²) in [5.74, 6) is -1.11. The summed E-state index contributed by atoms with van der Waals surface area (Å²) in [6, 6.07) is 8.65. The van der Waals surface area contributed by atoms with Crippen LogP contribution in [0.25, 0.3) is 0 Å². The molecule has 2 amide bonds. The van der Waals surface area contributed by atoms with E-state index in [-0.39, 0.29) is 23.4 Å². The number of carbonyl (C=O) groups excluding carboxylic acids is 2. The van der Waals surface area contributed by atoms with E-state index >= 15 is 0 Å². The fraction of sp³-hybridized carbons (Fsp3) is 0.263. The number of carbonyl (C=O) groups is 2. The van der Waals surface area contributed by atoms with Gasteiger partial charge < -0.3 is 5.32 Å². The summed E-state index contributed by atoms with van der Waals surface area (Å²) < 4.78 is 13.8. The summed E-state index contributed by atoms with van der Waals surface area (Å²) in [6.45, 7) is 3.40. The predicted molar refractivity (Wildman–Crippen MR) is 105 cm³/mol. The Hall–Kier alpha value is -2.15. The van der Waals surface area contributed by atoms with E-state index in [0.29, 0.717) is 22.0 Å². The first-order valence-corrected chi connectivity index (χ1v) is 9.14. The second-order valence-corrected chi connectivity index (χ2v) is 7.20. The molecule has 0 saturated carbocycles. The third kappa shape index (κ3) is 4.08. The van der Waals surface area contributed by atoms with Crippen LogP contribution in [0.2, 0.25) is 10.0 Å². The van der Waals surface area contributed by atoms with E-state index in [1.165, 1.54) is 17.0 Å². The average molecular weight is 410 g/mol. The number of nitrogens with zero attached hydrogens (tertiary/aromatic N) is 1. The van der Waals surface area contributed by atoms with Crippen molar-refractivity contribution in [3.05, 3.63) is 57.8 Å². The van der Waals surface area contributed by atoms with Gasteiger partial charge in [-0.15, -0.1) is 0 Å². The number of rotatable bonds is 4. The van der Waals surface area contributed by atoms with Crippen molar-refractivity contribution in [2.45, 2.75) is 25.9 Å². The molecule has 1 aliphatic heterocycles. The van der Waals surface area contributed by atoms with Gasteiger partial charge in [0.15, 0.2) is 0 Å². The van der Waals surface area contributed by atoms with Crippen molar-refractivity contribution in [1.82, 2.24) is 5.32 Å². The van der Waals surface area contributed by atoms with Crippen LogP contribution in [0.3, 0.4) is 0 Å². The van der Waals surface area contributed by atoms with Gasteiger partial charge in [0.1, 0.15) is 12.4 Å². The number of amides is 2. The van der Waals surface area contributed by atoms with Crippen LogP contribution >= 0.6 is 23.2 Å². The van der Waals surface area contributed by atoms with Crippen LogP contribution in [-0.2, 0) is 9.59 Å². The molecule has 0 aromatic heterocycles. The Morgan fingerprint density at radius 2 is 1.93 bits per heavy atom. The van der Waals surface area contributed by atoms with Crippen molar-refractivity contribution >= 4 is 46.4 Å². The number of fused-ring (bicyclic) bond motifs is 1. The predicted octanol–water partition coefficient (Wildman–Crippen LogP) is 4.16. The normalized spacial score (nSPS) is 15.7. The largest absolute Gasteiger partial charge is 0.323 e. The molecule has 1 heterocycles. The van der Waals surface area contributed by atoms with Gasteiger partial charge in [0.05, 0.1) is 22.4 Å². The van der Waals surface area contributed by atoms with E-state index in [1.54, 1.807) is 38.1 Å². The van der Waals surface area contributed by atoms with Gasteiger partial charge in [-0.05, 0) is 43.7 Å². The highest BCUT2D eigenvalue weighted by atomic mass is 35.5. The Kier molecular flexibility index (Phi) is 5.69. The lowest BCUT2D eigenvalue weighted by atomic mass is 10.1. The van der Waals surface area contributed by atoms with E-state index in [4.69, 9.17) is 23.2 Å². The molecule has 0 fully saturated rings. The molecule has 0 spiro atoms. The molecule has 27 heavy (non-hydrogen) atoms. The van der Waals surface area contributed by atoms with Crippen molar-refractivity contribution in [2.75, 3.05) is 16.8 Å². The lowest BCUT2D eigenvalue weighted by molar-refractivity contribution is -0.123. The van der Waals surface area contributed by atoms with Gasteiger partial charge in [-0.3, -0.25) is 19.8 Å². The van der Waals surface area contributed by atoms with E-state index < -0.39 is 17.9 Å². The van der Waals surface area contributed by atoms with Gasteiger partial charge in [-0.2, -0.15) is 0 Å². The van der Waals surface area contributed by atoms with Crippen LogP contribution in [0.5, 0.6) is 0 Å². The van der Waals surface area contributed by atoms with Crippen molar-refractivity contribution in [2.24, 2.45) is 0 Å². The lowest BCUT2D eigenvalue weighted by Crippen LogP contribution is -2.50. The van der Waals surface area contributed by atoms with E-state index in [0.717, 1.165) is 0 Å². The highest BCUT2D eigenvalue weighted by Crippen LogP contribution is 2.31. The molecule has 2 aromatic rings. The highest BCUT2D eigenvalue weighted by Gasteiger charge is 2.30. The second-order valence-electron chi connectivity index (χ2n) is 6.39. The number of para-hydroxylation sites is 2. The maximum atomic E-state index is 13.8. The first-order chi connectivity index (χ1) is 12.8. The van der Waals surface area contributed by atoms with Crippen LogP contribution in [0.15, 0.2) is 36.4 Å². The van der Waals surface area contributed by atoms with Gasteiger partial charge in [-0.25, -0.2) is 4.39 Å². The average Bonchev–Trinajstić information content (AvgIpc) is 2.63. The molecule has 2 aromatic carbocycles. The summed E-state index contributed by atoms with van der Waals surface area (Å²) in [5.41, 5.74) is 1.72. The number of hydrogen-bond acceptors (Lipinski definition) is 3. The zero-order valence-corrected chi connectivity index (χ0v) is 16.2. The van der Waals surface area contributed by atoms with E-state index in [2.05, 4.69) is 10.6 Å². The standard InChI is InChI=1S/C19H18Cl2FN3O2/c1-10(12-7-15(22)14(21)8-13(12)20)23-11(2)19(27)25-9-18(26)24-16-5-3-4-6-17(16)25/h3-8,10-11,23H,9H2,1-2H3,(H,24,26)/t10-,11-/m0/s1. The van der Waals surface area contributed by atoms with Gasteiger partial charge in [-0.1, -0.05) is 35.3 Å². The molecule has 0 saturated heterocycles. The van der Waals surface area contributed by atoms with Crippen LogP contribution in [0.4, 0.5) is 15.8 Å². The maximum Gasteiger partial charge on any atom is 0.244 e. The summed E-state index contributed by atoms with van der Waals surface area (Å²) in [7, 11) is 0. The first-order valence-electron chi connectivity index (χ1n) is 8.38. The third-order valence-corrected chi connectivity index (χ3v) is 5.03. The number of nitrogens with one attached hydrogen (secondary N) is 2. The smallest absolute Gasteiger partial charge is 0.244 e. The zero-order chi connectivity index (χ0) is 19.7. The summed E-state index contributed by atoms with van der Waals surface area (Å²) >= 11 is 11.9. The van der Waals surface area contributed by atoms with Crippen LogP contribution in [0.1, 0.15) is 25.5 Å². The molecule has 5 nitrogen and oxygen atoms in total. The Bertz CT molecular complexity index is 907. The Morgan fingerprint density at radius 3 is 2.67 bits per heavy atom.